The smallest absolute Gasteiger partial charge is 0.348 e. The highest BCUT2D eigenvalue weighted by atomic mass is 32.1. The number of hydrogen-bond donors (Lipinski definition) is 1. The average molecular weight is 358 g/mol. The first-order chi connectivity index (χ1) is 12.1. The highest BCUT2D eigenvalue weighted by Crippen LogP contribution is 2.35. The molecule has 1 atom stereocenters. The monoisotopic (exact) mass is 358 g/mol. The van der Waals surface area contributed by atoms with E-state index in [9.17, 15) is 4.79 Å². The molecule has 3 aromatic rings. The zero-order valence-corrected chi connectivity index (χ0v) is 15.1. The fraction of sp³-hybridized carbons (Fsp3) is 0.438. The van der Waals surface area contributed by atoms with Crippen LogP contribution in [0.5, 0.6) is 0 Å². The van der Waals surface area contributed by atoms with E-state index < -0.39 is 0 Å². The number of methoxy groups -OCH3 is 1. The molecule has 0 aliphatic carbocycles. The molecule has 0 amide bonds. The number of rotatable bonds is 3. The van der Waals surface area contributed by atoms with Crippen LogP contribution in [-0.4, -0.2) is 43.9 Å². The third-order valence-corrected chi connectivity index (χ3v) is 5.58. The second-order valence-corrected chi connectivity index (χ2v) is 7.08. The number of esters is 1. The number of carbonyl (C=O) groups excluding carboxylic acids is 1. The second-order valence-electron chi connectivity index (χ2n) is 6.09. The molecule has 1 aliphatic rings. The molecule has 4 heterocycles. The Hall–Kier alpha value is -2.55. The summed E-state index contributed by atoms with van der Waals surface area (Å²) >= 11 is 1.34. The lowest BCUT2D eigenvalue weighted by Gasteiger charge is -2.24. The summed E-state index contributed by atoms with van der Waals surface area (Å²) in [5, 5.41) is 8.67. The number of nitrogens with one attached hydrogen (secondary N) is 1. The summed E-state index contributed by atoms with van der Waals surface area (Å²) < 4.78 is 6.80. The summed E-state index contributed by atoms with van der Waals surface area (Å²) in [5.41, 5.74) is 0.853. The Labute approximate surface area is 148 Å². The first kappa shape index (κ1) is 15.9. The van der Waals surface area contributed by atoms with Gasteiger partial charge in [0.15, 0.2) is 0 Å². The molecule has 3 aromatic heterocycles. The molecule has 0 spiro atoms. The molecule has 0 aromatic carbocycles. The van der Waals surface area contributed by atoms with E-state index in [-0.39, 0.29) is 12.0 Å². The first-order valence-corrected chi connectivity index (χ1v) is 8.87. The second kappa shape index (κ2) is 6.07. The predicted molar refractivity (Wildman–Crippen MR) is 94.0 cm³/mol. The lowest BCUT2D eigenvalue weighted by atomic mass is 10.1. The van der Waals surface area contributed by atoms with Crippen molar-refractivity contribution in [1.29, 1.82) is 0 Å². The van der Waals surface area contributed by atoms with Crippen LogP contribution in [0, 0.1) is 13.8 Å². The fourth-order valence-corrected chi connectivity index (χ4v) is 4.33. The van der Waals surface area contributed by atoms with Crippen LogP contribution in [0.1, 0.15) is 33.3 Å². The summed E-state index contributed by atoms with van der Waals surface area (Å²) in [6.07, 6.45) is 3.42. The van der Waals surface area contributed by atoms with Crippen LogP contribution < -0.4 is 5.32 Å². The van der Waals surface area contributed by atoms with Gasteiger partial charge in [0.2, 0.25) is 0 Å². The Morgan fingerprint density at radius 1 is 1.40 bits per heavy atom. The van der Waals surface area contributed by atoms with Crippen molar-refractivity contribution in [2.75, 3.05) is 12.4 Å². The van der Waals surface area contributed by atoms with Crippen LogP contribution >= 0.6 is 11.3 Å². The Morgan fingerprint density at radius 2 is 2.24 bits per heavy atom. The van der Waals surface area contributed by atoms with Crippen molar-refractivity contribution < 1.29 is 9.53 Å². The summed E-state index contributed by atoms with van der Waals surface area (Å²) in [5.74, 6) is 2.11. The van der Waals surface area contributed by atoms with E-state index in [2.05, 4.69) is 25.4 Å². The Balaban J connectivity index is 1.72. The summed E-state index contributed by atoms with van der Waals surface area (Å²) in [6.45, 7) is 4.51. The molecule has 1 unspecified atom stereocenters. The molecule has 9 heteroatoms. The molecule has 25 heavy (non-hydrogen) atoms. The third kappa shape index (κ3) is 2.74. The predicted octanol–water partition coefficient (Wildman–Crippen LogP) is 2.11. The molecule has 130 valence electrons. The van der Waals surface area contributed by atoms with Gasteiger partial charge in [-0.15, -0.1) is 11.3 Å². The van der Waals surface area contributed by atoms with Crippen molar-refractivity contribution in [2.45, 2.75) is 39.3 Å². The van der Waals surface area contributed by atoms with Gasteiger partial charge >= 0.3 is 5.97 Å². The lowest BCUT2D eigenvalue weighted by molar-refractivity contribution is 0.0605. The van der Waals surface area contributed by atoms with Crippen LogP contribution in [-0.2, 0) is 17.7 Å². The molecule has 0 radical (unpaired) electrons. The van der Waals surface area contributed by atoms with Crippen molar-refractivity contribution in [3.8, 4) is 0 Å². The van der Waals surface area contributed by atoms with Gasteiger partial charge in [0.1, 0.15) is 33.5 Å². The Morgan fingerprint density at radius 3 is 3.04 bits per heavy atom. The van der Waals surface area contributed by atoms with Crippen molar-refractivity contribution in [3.05, 3.63) is 28.4 Å². The topological polar surface area (TPSA) is 94.8 Å². The SMILES string of the molecule is COC(=O)c1sc2nc(C)nc(NC3CCc4ncnn4C3)c2c1C. The van der Waals surface area contributed by atoms with E-state index in [4.69, 9.17) is 4.74 Å². The zero-order chi connectivity index (χ0) is 17.6. The normalized spacial score (nSPS) is 16.7. The minimum atomic E-state index is -0.339. The van der Waals surface area contributed by atoms with E-state index >= 15 is 0 Å². The fourth-order valence-electron chi connectivity index (χ4n) is 3.19. The maximum atomic E-state index is 12.0. The molecule has 8 nitrogen and oxygen atoms in total. The minimum absolute atomic E-state index is 0.201. The molecule has 1 N–H and O–H groups in total. The molecular weight excluding hydrogens is 340 g/mol. The summed E-state index contributed by atoms with van der Waals surface area (Å²) in [4.78, 5) is 26.7. The Kier molecular flexibility index (Phi) is 3.87. The standard InChI is InChI=1S/C16H18N6O2S/c1-8-12-14(21-10-4-5-11-17-7-18-22(11)6-10)19-9(2)20-15(12)25-13(8)16(23)24-3/h7,10H,4-6H2,1-3H3,(H,19,20,21). The van der Waals surface area contributed by atoms with Crippen LogP contribution in [0.3, 0.4) is 0 Å². The van der Waals surface area contributed by atoms with Crippen molar-refractivity contribution in [1.82, 2.24) is 24.7 Å². The highest BCUT2D eigenvalue weighted by Gasteiger charge is 2.24. The van der Waals surface area contributed by atoms with E-state index in [1.165, 1.54) is 18.4 Å². The van der Waals surface area contributed by atoms with E-state index in [0.717, 1.165) is 46.8 Å². The molecular formula is C16H18N6O2S. The highest BCUT2D eigenvalue weighted by molar-refractivity contribution is 7.20. The molecule has 0 saturated carbocycles. The van der Waals surface area contributed by atoms with Gasteiger partial charge in [0, 0.05) is 12.5 Å². The van der Waals surface area contributed by atoms with Gasteiger partial charge in [-0.05, 0) is 25.8 Å². The number of aromatic nitrogens is 5. The largest absolute Gasteiger partial charge is 0.465 e. The van der Waals surface area contributed by atoms with E-state index in [0.29, 0.717) is 10.7 Å². The minimum Gasteiger partial charge on any atom is -0.465 e. The van der Waals surface area contributed by atoms with Crippen LogP contribution in [0.15, 0.2) is 6.33 Å². The van der Waals surface area contributed by atoms with Gasteiger partial charge in [-0.2, -0.15) is 5.10 Å². The van der Waals surface area contributed by atoms with Crippen LogP contribution in [0.4, 0.5) is 5.82 Å². The van der Waals surface area contributed by atoms with Crippen LogP contribution in [0.2, 0.25) is 0 Å². The Bertz CT molecular complexity index is 963. The lowest BCUT2D eigenvalue weighted by Crippen LogP contribution is -2.32. The number of thiophene rings is 1. The van der Waals surface area contributed by atoms with Gasteiger partial charge in [-0.3, -0.25) is 0 Å². The van der Waals surface area contributed by atoms with Gasteiger partial charge in [0.05, 0.1) is 19.0 Å². The van der Waals surface area contributed by atoms with E-state index in [1.807, 2.05) is 18.5 Å². The van der Waals surface area contributed by atoms with E-state index in [1.54, 1.807) is 6.33 Å². The maximum absolute atomic E-state index is 12.0. The van der Waals surface area contributed by atoms with Crippen molar-refractivity contribution >= 4 is 33.3 Å². The molecule has 0 bridgehead atoms. The number of nitrogens with zero attached hydrogens (tertiary/aromatic N) is 5. The van der Waals surface area contributed by atoms with Crippen LogP contribution in [0.25, 0.3) is 10.2 Å². The van der Waals surface area contributed by atoms with Gasteiger partial charge < -0.3 is 10.1 Å². The van der Waals surface area contributed by atoms with Gasteiger partial charge in [-0.1, -0.05) is 0 Å². The summed E-state index contributed by atoms with van der Waals surface area (Å²) in [7, 11) is 1.39. The molecule has 0 saturated heterocycles. The maximum Gasteiger partial charge on any atom is 0.348 e. The quantitative estimate of drug-likeness (QED) is 0.717. The number of anilines is 1. The number of hydrogen-bond acceptors (Lipinski definition) is 8. The third-order valence-electron chi connectivity index (χ3n) is 4.42. The zero-order valence-electron chi connectivity index (χ0n) is 14.2. The number of fused-ring (bicyclic) bond motifs is 2. The average Bonchev–Trinajstić information content (AvgIpc) is 3.18. The number of carbonyl (C=O) groups is 1. The van der Waals surface area contributed by atoms with Crippen molar-refractivity contribution in [3.63, 3.8) is 0 Å². The molecule has 0 fully saturated rings. The summed E-state index contributed by atoms with van der Waals surface area (Å²) in [6, 6.07) is 0.201. The first-order valence-electron chi connectivity index (χ1n) is 8.06. The molecule has 1 aliphatic heterocycles. The van der Waals surface area contributed by atoms with Gasteiger partial charge in [-0.25, -0.2) is 24.4 Å². The molecule has 4 rings (SSSR count). The van der Waals surface area contributed by atoms with Crippen molar-refractivity contribution in [2.24, 2.45) is 0 Å². The number of aryl methyl sites for hydroxylation is 3. The van der Waals surface area contributed by atoms with Gasteiger partial charge in [0.25, 0.3) is 0 Å². The number of ether oxygens (including phenoxy) is 1.